The highest BCUT2D eigenvalue weighted by Crippen LogP contribution is 2.32. The number of ether oxygens (including phenoxy) is 1. The Balaban J connectivity index is 1.89. The van der Waals surface area contributed by atoms with E-state index in [0.717, 1.165) is 18.1 Å². The lowest BCUT2D eigenvalue weighted by atomic mass is 10.1. The van der Waals surface area contributed by atoms with Gasteiger partial charge in [-0.1, -0.05) is 29.8 Å². The molecule has 0 aliphatic carbocycles. The van der Waals surface area contributed by atoms with Crippen LogP contribution in [0.5, 0.6) is 5.75 Å². The molecular formula is C14H14N2O. The van der Waals surface area contributed by atoms with Gasteiger partial charge in [0.05, 0.1) is 6.54 Å². The fourth-order valence-electron chi connectivity index (χ4n) is 2.06. The van der Waals surface area contributed by atoms with Crippen molar-refractivity contribution in [2.45, 2.75) is 13.0 Å². The highest BCUT2D eigenvalue weighted by Gasteiger charge is 2.21. The summed E-state index contributed by atoms with van der Waals surface area (Å²) in [6.07, 6.45) is 1.83. The zero-order chi connectivity index (χ0) is 11.7. The van der Waals surface area contributed by atoms with Gasteiger partial charge in [0.2, 0.25) is 0 Å². The van der Waals surface area contributed by atoms with Crippen LogP contribution in [-0.4, -0.2) is 11.5 Å². The van der Waals surface area contributed by atoms with Crippen molar-refractivity contribution in [3.05, 3.63) is 53.7 Å². The molecule has 1 aromatic heterocycles. The van der Waals surface area contributed by atoms with Gasteiger partial charge < -0.3 is 10.1 Å². The first-order chi connectivity index (χ1) is 8.33. The summed E-state index contributed by atoms with van der Waals surface area (Å²) in [6.45, 7) is 2.85. The molecule has 2 aromatic rings. The number of hydrogen-bond donors (Lipinski definition) is 1. The van der Waals surface area contributed by atoms with E-state index in [1.54, 1.807) is 6.20 Å². The van der Waals surface area contributed by atoms with E-state index in [2.05, 4.69) is 41.5 Å². The molecule has 0 bridgehead atoms. The predicted octanol–water partition coefficient (Wildman–Crippen LogP) is 2.94. The largest absolute Gasteiger partial charge is 0.480 e. The molecule has 3 nitrogen and oxygen atoms in total. The lowest BCUT2D eigenvalue weighted by molar-refractivity contribution is 0.209. The number of anilines is 1. The first kappa shape index (κ1) is 10.1. The second-order valence-electron chi connectivity index (χ2n) is 4.25. The molecule has 0 saturated heterocycles. The Morgan fingerprint density at radius 1 is 1.29 bits per heavy atom. The highest BCUT2D eigenvalue weighted by atomic mass is 16.5. The summed E-state index contributed by atoms with van der Waals surface area (Å²) in [5.41, 5.74) is 2.45. The van der Waals surface area contributed by atoms with Crippen LogP contribution < -0.4 is 10.1 Å². The van der Waals surface area contributed by atoms with Crippen molar-refractivity contribution in [1.82, 2.24) is 4.98 Å². The van der Waals surface area contributed by atoms with Crippen LogP contribution in [0, 0.1) is 6.92 Å². The highest BCUT2D eigenvalue weighted by molar-refractivity contribution is 5.52. The van der Waals surface area contributed by atoms with Crippen LogP contribution in [-0.2, 0) is 0 Å². The fourth-order valence-corrected chi connectivity index (χ4v) is 2.06. The minimum Gasteiger partial charge on any atom is -0.480 e. The second-order valence-corrected chi connectivity index (χ2v) is 4.25. The van der Waals surface area contributed by atoms with E-state index in [0.29, 0.717) is 0 Å². The zero-order valence-electron chi connectivity index (χ0n) is 9.68. The SMILES string of the molecule is Cc1cccc(C2CNc3ncccc3O2)c1. The zero-order valence-corrected chi connectivity index (χ0v) is 9.68. The maximum Gasteiger partial charge on any atom is 0.168 e. The number of pyridine rings is 1. The average molecular weight is 226 g/mol. The van der Waals surface area contributed by atoms with Gasteiger partial charge in [0.1, 0.15) is 6.10 Å². The Labute approximate surface area is 100 Å². The van der Waals surface area contributed by atoms with Crippen molar-refractivity contribution in [2.75, 3.05) is 11.9 Å². The Hall–Kier alpha value is -2.03. The lowest BCUT2D eigenvalue weighted by Gasteiger charge is -2.26. The molecule has 1 atom stereocenters. The van der Waals surface area contributed by atoms with Gasteiger partial charge in [0.15, 0.2) is 11.6 Å². The normalized spacial score (nSPS) is 17.8. The van der Waals surface area contributed by atoms with E-state index in [1.165, 1.54) is 11.1 Å². The maximum atomic E-state index is 5.95. The van der Waals surface area contributed by atoms with Crippen LogP contribution in [0.3, 0.4) is 0 Å². The third-order valence-corrected chi connectivity index (χ3v) is 2.91. The Kier molecular flexibility index (Phi) is 2.44. The van der Waals surface area contributed by atoms with Crippen LogP contribution in [0.1, 0.15) is 17.2 Å². The lowest BCUT2D eigenvalue weighted by Crippen LogP contribution is -2.24. The molecule has 0 spiro atoms. The van der Waals surface area contributed by atoms with Crippen molar-refractivity contribution < 1.29 is 4.74 Å². The van der Waals surface area contributed by atoms with Crippen LogP contribution >= 0.6 is 0 Å². The standard InChI is InChI=1S/C14H14N2O/c1-10-4-2-5-11(8-10)13-9-16-14-12(17-13)6-3-7-15-14/h2-8,13H,9H2,1H3,(H,15,16). The monoisotopic (exact) mass is 226 g/mol. The van der Waals surface area contributed by atoms with Gasteiger partial charge in [0.25, 0.3) is 0 Å². The third kappa shape index (κ3) is 1.96. The van der Waals surface area contributed by atoms with Gasteiger partial charge in [-0.15, -0.1) is 0 Å². The maximum absolute atomic E-state index is 5.95. The number of fused-ring (bicyclic) bond motifs is 1. The molecule has 3 rings (SSSR count). The van der Waals surface area contributed by atoms with E-state index < -0.39 is 0 Å². The van der Waals surface area contributed by atoms with Crippen molar-refractivity contribution >= 4 is 5.82 Å². The molecule has 2 heterocycles. The van der Waals surface area contributed by atoms with Crippen molar-refractivity contribution in [1.29, 1.82) is 0 Å². The summed E-state index contributed by atoms with van der Waals surface area (Å²) in [5.74, 6) is 1.65. The molecule has 1 aliphatic rings. The summed E-state index contributed by atoms with van der Waals surface area (Å²) < 4.78 is 5.95. The van der Waals surface area contributed by atoms with Crippen LogP contribution in [0.15, 0.2) is 42.6 Å². The smallest absolute Gasteiger partial charge is 0.168 e. The number of nitrogens with zero attached hydrogens (tertiary/aromatic N) is 1. The molecule has 17 heavy (non-hydrogen) atoms. The minimum atomic E-state index is 0.0617. The molecule has 1 aromatic carbocycles. The predicted molar refractivity (Wildman–Crippen MR) is 67.3 cm³/mol. The van der Waals surface area contributed by atoms with E-state index in [-0.39, 0.29) is 6.10 Å². The Morgan fingerprint density at radius 3 is 3.12 bits per heavy atom. The van der Waals surface area contributed by atoms with Crippen molar-refractivity contribution in [3.8, 4) is 5.75 Å². The van der Waals surface area contributed by atoms with Crippen molar-refractivity contribution in [3.63, 3.8) is 0 Å². The van der Waals surface area contributed by atoms with E-state index >= 15 is 0 Å². The molecule has 3 heteroatoms. The van der Waals surface area contributed by atoms with Gasteiger partial charge in [-0.3, -0.25) is 0 Å². The molecular weight excluding hydrogens is 212 g/mol. The second kappa shape index (κ2) is 4.09. The van der Waals surface area contributed by atoms with Crippen LogP contribution in [0.4, 0.5) is 5.82 Å². The minimum absolute atomic E-state index is 0.0617. The van der Waals surface area contributed by atoms with Gasteiger partial charge in [-0.2, -0.15) is 0 Å². The fraction of sp³-hybridized carbons (Fsp3) is 0.214. The number of benzene rings is 1. The quantitative estimate of drug-likeness (QED) is 0.811. The van der Waals surface area contributed by atoms with Gasteiger partial charge in [-0.25, -0.2) is 4.98 Å². The topological polar surface area (TPSA) is 34.2 Å². The summed E-state index contributed by atoms with van der Waals surface area (Å²) in [4.78, 5) is 4.23. The molecule has 0 saturated carbocycles. The molecule has 0 fully saturated rings. The average Bonchev–Trinajstić information content (AvgIpc) is 2.38. The van der Waals surface area contributed by atoms with Crippen molar-refractivity contribution in [2.24, 2.45) is 0 Å². The third-order valence-electron chi connectivity index (χ3n) is 2.91. The van der Waals surface area contributed by atoms with Gasteiger partial charge in [0, 0.05) is 6.20 Å². The summed E-state index contributed by atoms with van der Waals surface area (Å²) >= 11 is 0. The number of aromatic nitrogens is 1. The van der Waals surface area contributed by atoms with Crippen LogP contribution in [0.25, 0.3) is 0 Å². The number of rotatable bonds is 1. The van der Waals surface area contributed by atoms with Gasteiger partial charge >= 0.3 is 0 Å². The number of nitrogens with one attached hydrogen (secondary N) is 1. The summed E-state index contributed by atoms with van der Waals surface area (Å²) in [6, 6.07) is 12.2. The number of aryl methyl sites for hydroxylation is 1. The van der Waals surface area contributed by atoms with E-state index in [4.69, 9.17) is 4.74 Å². The van der Waals surface area contributed by atoms with E-state index in [1.807, 2.05) is 12.1 Å². The first-order valence-corrected chi connectivity index (χ1v) is 5.75. The first-order valence-electron chi connectivity index (χ1n) is 5.75. The Morgan fingerprint density at radius 2 is 2.24 bits per heavy atom. The molecule has 1 unspecified atom stereocenters. The number of hydrogen-bond acceptors (Lipinski definition) is 3. The molecule has 0 radical (unpaired) electrons. The van der Waals surface area contributed by atoms with E-state index in [9.17, 15) is 0 Å². The summed E-state index contributed by atoms with van der Waals surface area (Å²) in [5, 5.41) is 3.29. The molecule has 1 N–H and O–H groups in total. The molecule has 86 valence electrons. The Bertz CT molecular complexity index is 539. The van der Waals surface area contributed by atoms with Gasteiger partial charge in [-0.05, 0) is 24.6 Å². The molecule has 1 aliphatic heterocycles. The summed E-state index contributed by atoms with van der Waals surface area (Å²) in [7, 11) is 0. The molecule has 0 amide bonds. The van der Waals surface area contributed by atoms with Crippen LogP contribution in [0.2, 0.25) is 0 Å².